The molecule has 0 amide bonds. The van der Waals surface area contributed by atoms with Crippen molar-refractivity contribution < 1.29 is 13.2 Å². The molecule has 0 aliphatic carbocycles. The van der Waals surface area contributed by atoms with Crippen LogP contribution in [0, 0.1) is 0 Å². The van der Waals surface area contributed by atoms with Crippen LogP contribution in [0.3, 0.4) is 0 Å². The number of aromatic nitrogens is 3. The van der Waals surface area contributed by atoms with Crippen molar-refractivity contribution in [1.82, 2.24) is 19.7 Å². The minimum Gasteiger partial charge on any atom is -0.497 e. The lowest BCUT2D eigenvalue weighted by atomic mass is 9.93. The van der Waals surface area contributed by atoms with Crippen molar-refractivity contribution in [2.45, 2.75) is 39.0 Å². The third-order valence-corrected chi connectivity index (χ3v) is 7.55. The molecule has 7 nitrogen and oxygen atoms in total. The van der Waals surface area contributed by atoms with Crippen molar-refractivity contribution in [2.24, 2.45) is 0 Å². The number of benzene rings is 2. The van der Waals surface area contributed by atoms with E-state index >= 15 is 0 Å². The summed E-state index contributed by atoms with van der Waals surface area (Å²) < 4.78 is 32.9. The predicted molar refractivity (Wildman–Crippen MR) is 141 cm³/mol. The maximum absolute atomic E-state index is 12.4. The summed E-state index contributed by atoms with van der Waals surface area (Å²) in [6.45, 7) is 6.20. The lowest BCUT2D eigenvalue weighted by Crippen LogP contribution is -2.38. The second kappa shape index (κ2) is 10.2. The molecular formula is C27H32N4O3S. The van der Waals surface area contributed by atoms with E-state index in [1.54, 1.807) is 19.5 Å². The van der Waals surface area contributed by atoms with E-state index in [1.165, 1.54) is 0 Å². The van der Waals surface area contributed by atoms with Crippen LogP contribution >= 0.6 is 0 Å². The molecule has 2 aromatic heterocycles. The molecular weight excluding hydrogens is 460 g/mol. The Kier molecular flexibility index (Phi) is 7.23. The Morgan fingerprint density at radius 2 is 1.71 bits per heavy atom. The molecule has 0 radical (unpaired) electrons. The first-order valence-electron chi connectivity index (χ1n) is 11.8. The lowest BCUT2D eigenvalue weighted by Gasteiger charge is -2.22. The normalized spacial score (nSPS) is 12.2. The summed E-state index contributed by atoms with van der Waals surface area (Å²) in [4.78, 5) is 12.6. The highest BCUT2D eigenvalue weighted by Gasteiger charge is 2.28. The molecule has 0 saturated heterocycles. The number of sulfonamides is 1. The van der Waals surface area contributed by atoms with E-state index < -0.39 is 15.4 Å². The summed E-state index contributed by atoms with van der Waals surface area (Å²) in [6.07, 6.45) is 4.97. The Bertz CT molecular complexity index is 1410. The van der Waals surface area contributed by atoms with E-state index in [-0.39, 0.29) is 12.3 Å². The number of nitrogens with zero attached hydrogens (tertiary/aromatic N) is 2. The lowest BCUT2D eigenvalue weighted by molar-refractivity contribution is 0.415. The van der Waals surface area contributed by atoms with E-state index in [4.69, 9.17) is 9.72 Å². The number of pyridine rings is 1. The maximum atomic E-state index is 12.4. The third kappa shape index (κ3) is 5.71. The number of fused-ring (bicyclic) bond motifs is 1. The van der Waals surface area contributed by atoms with Gasteiger partial charge in [0.15, 0.2) is 0 Å². The van der Waals surface area contributed by atoms with Gasteiger partial charge in [-0.3, -0.25) is 4.98 Å². The highest BCUT2D eigenvalue weighted by atomic mass is 32.2. The summed E-state index contributed by atoms with van der Waals surface area (Å²) >= 11 is 0. The largest absolute Gasteiger partial charge is 0.497 e. The first-order chi connectivity index (χ1) is 16.7. The van der Waals surface area contributed by atoms with Gasteiger partial charge in [0.05, 0.1) is 24.3 Å². The zero-order valence-electron chi connectivity index (χ0n) is 20.6. The number of H-pyrrole nitrogens is 1. The van der Waals surface area contributed by atoms with Gasteiger partial charge in [0.1, 0.15) is 11.6 Å². The standard InChI is InChI=1S/C27H32N4O3S/c1-5-6-15-35(32,33)29-18-27(2,3)26-30-24(19-11-13-28-14-12-19)25(31-26)22-8-7-21-17-23(34-4)10-9-20(21)16-22/h7-14,16-17,29H,5-6,15,18H2,1-4H3,(H,30,31). The van der Waals surface area contributed by atoms with Crippen molar-refractivity contribution in [3.8, 4) is 28.3 Å². The summed E-state index contributed by atoms with van der Waals surface area (Å²) in [6, 6.07) is 16.1. The van der Waals surface area contributed by atoms with Crippen LogP contribution in [0.1, 0.15) is 39.4 Å². The van der Waals surface area contributed by atoms with Gasteiger partial charge >= 0.3 is 0 Å². The van der Waals surface area contributed by atoms with Crippen molar-refractivity contribution in [1.29, 1.82) is 0 Å². The Balaban J connectivity index is 1.73. The molecule has 0 unspecified atom stereocenters. The molecule has 4 aromatic rings. The van der Waals surface area contributed by atoms with Gasteiger partial charge in [-0.1, -0.05) is 45.4 Å². The van der Waals surface area contributed by atoms with Crippen LogP contribution in [0.15, 0.2) is 60.9 Å². The summed E-state index contributed by atoms with van der Waals surface area (Å²) in [7, 11) is -1.67. The number of unbranched alkanes of at least 4 members (excludes halogenated alkanes) is 1. The van der Waals surface area contributed by atoms with Gasteiger partial charge in [0.25, 0.3) is 0 Å². The highest BCUT2D eigenvalue weighted by molar-refractivity contribution is 7.89. The van der Waals surface area contributed by atoms with Gasteiger partial charge in [-0.05, 0) is 47.5 Å². The molecule has 0 aliphatic heterocycles. The van der Waals surface area contributed by atoms with Gasteiger partial charge < -0.3 is 9.72 Å². The van der Waals surface area contributed by atoms with Crippen molar-refractivity contribution >= 4 is 20.8 Å². The minimum absolute atomic E-state index is 0.132. The Hall–Kier alpha value is -3.23. The van der Waals surface area contributed by atoms with Crippen LogP contribution in [-0.2, 0) is 15.4 Å². The molecule has 184 valence electrons. The quantitative estimate of drug-likeness (QED) is 0.313. The second-order valence-electron chi connectivity index (χ2n) is 9.35. The number of hydrogen-bond donors (Lipinski definition) is 2. The molecule has 2 heterocycles. The van der Waals surface area contributed by atoms with Gasteiger partial charge in [-0.15, -0.1) is 0 Å². The van der Waals surface area contributed by atoms with Gasteiger partial charge in [0, 0.05) is 35.5 Å². The fraction of sp³-hybridized carbons (Fsp3) is 0.333. The molecule has 35 heavy (non-hydrogen) atoms. The smallest absolute Gasteiger partial charge is 0.211 e. The number of methoxy groups -OCH3 is 1. The monoisotopic (exact) mass is 492 g/mol. The highest BCUT2D eigenvalue weighted by Crippen LogP contribution is 2.35. The van der Waals surface area contributed by atoms with Crippen LogP contribution in [0.2, 0.25) is 0 Å². The van der Waals surface area contributed by atoms with Crippen LogP contribution in [0.4, 0.5) is 0 Å². The minimum atomic E-state index is -3.33. The molecule has 0 spiro atoms. The molecule has 0 aliphatic rings. The molecule has 0 atom stereocenters. The average molecular weight is 493 g/mol. The molecule has 2 N–H and O–H groups in total. The molecule has 2 aromatic carbocycles. The first-order valence-corrected chi connectivity index (χ1v) is 13.4. The Morgan fingerprint density at radius 3 is 2.43 bits per heavy atom. The van der Waals surface area contributed by atoms with Crippen LogP contribution in [0.25, 0.3) is 33.3 Å². The van der Waals surface area contributed by atoms with E-state index in [1.807, 2.05) is 57.2 Å². The number of aromatic amines is 1. The molecule has 0 bridgehead atoms. The van der Waals surface area contributed by atoms with Crippen LogP contribution in [0.5, 0.6) is 5.75 Å². The zero-order chi connectivity index (χ0) is 25.1. The summed E-state index contributed by atoms with van der Waals surface area (Å²) in [5.41, 5.74) is 3.06. The molecule has 0 fully saturated rings. The topological polar surface area (TPSA) is 97.0 Å². The van der Waals surface area contributed by atoms with Crippen LogP contribution in [-0.4, -0.2) is 42.8 Å². The number of imidazole rings is 1. The SMILES string of the molecule is CCCCS(=O)(=O)NCC(C)(C)c1nc(-c2ccc3cc(OC)ccc3c2)c(-c2ccncc2)[nH]1. The number of ether oxygens (including phenoxy) is 1. The van der Waals surface area contributed by atoms with E-state index in [0.717, 1.165) is 45.5 Å². The van der Waals surface area contributed by atoms with Gasteiger partial charge in [0.2, 0.25) is 10.0 Å². The van der Waals surface area contributed by atoms with Gasteiger partial charge in [-0.2, -0.15) is 0 Å². The van der Waals surface area contributed by atoms with Crippen molar-refractivity contribution in [3.63, 3.8) is 0 Å². The van der Waals surface area contributed by atoms with Crippen molar-refractivity contribution in [3.05, 3.63) is 66.7 Å². The Labute approximate surface area is 207 Å². The van der Waals surface area contributed by atoms with Crippen molar-refractivity contribution in [2.75, 3.05) is 19.4 Å². The summed E-state index contributed by atoms with van der Waals surface area (Å²) in [5, 5.41) is 2.16. The zero-order valence-corrected chi connectivity index (χ0v) is 21.4. The number of rotatable bonds is 10. The predicted octanol–water partition coefficient (Wildman–Crippen LogP) is 5.30. The molecule has 0 saturated carbocycles. The average Bonchev–Trinajstić information content (AvgIpc) is 3.33. The van der Waals surface area contributed by atoms with Crippen LogP contribution < -0.4 is 9.46 Å². The molecule has 4 rings (SSSR count). The van der Waals surface area contributed by atoms with E-state index in [9.17, 15) is 8.42 Å². The molecule has 8 heteroatoms. The number of nitrogens with one attached hydrogen (secondary N) is 2. The summed E-state index contributed by atoms with van der Waals surface area (Å²) in [5.74, 6) is 1.66. The number of hydrogen-bond acceptors (Lipinski definition) is 5. The first kappa shape index (κ1) is 24.9. The third-order valence-electron chi connectivity index (χ3n) is 6.14. The Morgan fingerprint density at radius 1 is 1.00 bits per heavy atom. The fourth-order valence-electron chi connectivity index (χ4n) is 3.91. The second-order valence-corrected chi connectivity index (χ2v) is 11.3. The van der Waals surface area contributed by atoms with E-state index in [0.29, 0.717) is 12.2 Å². The fourth-order valence-corrected chi connectivity index (χ4v) is 5.30. The maximum Gasteiger partial charge on any atom is 0.211 e. The van der Waals surface area contributed by atoms with E-state index in [2.05, 4.69) is 26.8 Å². The van der Waals surface area contributed by atoms with Gasteiger partial charge in [-0.25, -0.2) is 18.1 Å².